The molecule has 0 radical (unpaired) electrons. The Balaban J connectivity index is 1.70. The zero-order chi connectivity index (χ0) is 15.5. The monoisotopic (exact) mass is 376 g/mol. The van der Waals surface area contributed by atoms with Gasteiger partial charge in [0.2, 0.25) is 0 Å². The minimum atomic E-state index is -0.572. The number of imide groups is 1. The van der Waals surface area contributed by atoms with Gasteiger partial charge in [-0.2, -0.15) is 0 Å². The molecule has 1 heterocycles. The molecule has 0 aliphatic carbocycles. The predicted molar refractivity (Wildman–Crippen MR) is 91.5 cm³/mol. The van der Waals surface area contributed by atoms with Crippen molar-refractivity contribution >= 4 is 44.5 Å². The Bertz CT molecular complexity index is 691. The highest BCUT2D eigenvalue weighted by atomic mass is 79.9. The summed E-state index contributed by atoms with van der Waals surface area (Å²) in [6.07, 6.45) is 0. The van der Waals surface area contributed by atoms with Gasteiger partial charge in [0.05, 0.1) is 6.54 Å². The van der Waals surface area contributed by atoms with Gasteiger partial charge in [-0.05, 0) is 41.6 Å². The van der Waals surface area contributed by atoms with Gasteiger partial charge in [0, 0.05) is 10.2 Å². The molecule has 2 aromatic carbocycles. The molecule has 1 aliphatic heterocycles. The summed E-state index contributed by atoms with van der Waals surface area (Å²) in [5.74, 6) is -0.207. The summed E-state index contributed by atoms with van der Waals surface area (Å²) in [5, 5.41) is 2.30. The first kappa shape index (κ1) is 15.1. The van der Waals surface area contributed by atoms with Crippen molar-refractivity contribution < 1.29 is 9.59 Å². The number of hydrogen-bond donors (Lipinski definition) is 1. The molecule has 22 heavy (non-hydrogen) atoms. The Morgan fingerprint density at radius 3 is 2.41 bits per heavy atom. The summed E-state index contributed by atoms with van der Waals surface area (Å²) in [7, 11) is 0. The molecule has 1 fully saturated rings. The molecule has 1 atom stereocenters. The maximum Gasteiger partial charge on any atom is 0.291 e. The number of anilines is 1. The van der Waals surface area contributed by atoms with Crippen LogP contribution in [0.15, 0.2) is 59.1 Å². The zero-order valence-corrected chi connectivity index (χ0v) is 13.9. The second kappa shape index (κ2) is 6.54. The van der Waals surface area contributed by atoms with Gasteiger partial charge < -0.3 is 5.32 Å². The van der Waals surface area contributed by atoms with Crippen molar-refractivity contribution in [2.45, 2.75) is 11.9 Å². The Kier molecular flexibility index (Phi) is 4.49. The Labute approximate surface area is 141 Å². The fourth-order valence-corrected chi connectivity index (χ4v) is 3.31. The topological polar surface area (TPSA) is 49.4 Å². The highest BCUT2D eigenvalue weighted by Gasteiger charge is 2.39. The van der Waals surface area contributed by atoms with Crippen LogP contribution < -0.4 is 5.32 Å². The largest absolute Gasteiger partial charge is 0.365 e. The van der Waals surface area contributed by atoms with E-state index >= 15 is 0 Å². The highest BCUT2D eigenvalue weighted by Crippen LogP contribution is 2.29. The number of thioether (sulfide) groups is 1. The van der Waals surface area contributed by atoms with Crippen LogP contribution in [0.2, 0.25) is 0 Å². The number of carbonyl (C=O) groups excluding carboxylic acids is 2. The normalized spacial score (nSPS) is 17.9. The lowest BCUT2D eigenvalue weighted by Crippen LogP contribution is -2.33. The third-order valence-electron chi connectivity index (χ3n) is 3.25. The zero-order valence-electron chi connectivity index (χ0n) is 11.5. The first-order valence-corrected chi connectivity index (χ1v) is 8.39. The highest BCUT2D eigenvalue weighted by molar-refractivity contribution is 9.10. The van der Waals surface area contributed by atoms with Crippen molar-refractivity contribution in [1.82, 2.24) is 4.90 Å². The van der Waals surface area contributed by atoms with E-state index in [9.17, 15) is 9.59 Å². The van der Waals surface area contributed by atoms with Crippen LogP contribution in [-0.4, -0.2) is 21.4 Å². The van der Waals surface area contributed by atoms with E-state index in [1.807, 2.05) is 54.6 Å². The van der Waals surface area contributed by atoms with Gasteiger partial charge in [0.1, 0.15) is 0 Å². The molecule has 0 unspecified atom stereocenters. The van der Waals surface area contributed by atoms with E-state index in [0.717, 1.165) is 27.5 Å². The summed E-state index contributed by atoms with van der Waals surface area (Å²) in [4.78, 5) is 25.8. The molecule has 3 rings (SSSR count). The maximum absolute atomic E-state index is 12.4. The molecule has 0 spiro atoms. The van der Waals surface area contributed by atoms with E-state index in [-0.39, 0.29) is 11.1 Å². The van der Waals surface area contributed by atoms with E-state index in [1.54, 1.807) is 0 Å². The number of benzene rings is 2. The molecule has 0 saturated carbocycles. The van der Waals surface area contributed by atoms with Gasteiger partial charge in [-0.25, -0.2) is 0 Å². The van der Waals surface area contributed by atoms with E-state index in [0.29, 0.717) is 6.54 Å². The van der Waals surface area contributed by atoms with Crippen LogP contribution in [0.1, 0.15) is 5.56 Å². The fraction of sp³-hybridized carbons (Fsp3) is 0.125. The second-order valence-corrected chi connectivity index (χ2v) is 6.80. The lowest BCUT2D eigenvalue weighted by Gasteiger charge is -2.15. The van der Waals surface area contributed by atoms with Gasteiger partial charge in [-0.3, -0.25) is 14.5 Å². The van der Waals surface area contributed by atoms with Crippen LogP contribution in [0, 0.1) is 0 Å². The molecule has 0 aromatic heterocycles. The molecule has 2 amide bonds. The number of nitrogens with one attached hydrogen (secondary N) is 1. The summed E-state index contributed by atoms with van der Waals surface area (Å²) >= 11 is 4.38. The van der Waals surface area contributed by atoms with E-state index < -0.39 is 5.37 Å². The van der Waals surface area contributed by atoms with Crippen molar-refractivity contribution in [1.29, 1.82) is 0 Å². The lowest BCUT2D eigenvalue weighted by molar-refractivity contribution is -0.126. The molecule has 0 bridgehead atoms. The van der Waals surface area contributed by atoms with Crippen molar-refractivity contribution in [2.75, 3.05) is 5.32 Å². The summed E-state index contributed by atoms with van der Waals surface area (Å²) in [5.41, 5.74) is 1.75. The van der Waals surface area contributed by atoms with Gasteiger partial charge in [-0.15, -0.1) is 0 Å². The summed E-state index contributed by atoms with van der Waals surface area (Å²) < 4.78 is 0.963. The fourth-order valence-electron chi connectivity index (χ4n) is 2.14. The predicted octanol–water partition coefficient (Wildman–Crippen LogP) is 4.08. The number of amides is 2. The summed E-state index contributed by atoms with van der Waals surface area (Å²) in [6.45, 7) is 0.310. The lowest BCUT2D eigenvalue weighted by atomic mass is 10.2. The average molecular weight is 377 g/mol. The summed E-state index contributed by atoms with van der Waals surface area (Å²) in [6, 6.07) is 17.0. The van der Waals surface area contributed by atoms with Gasteiger partial charge >= 0.3 is 0 Å². The Morgan fingerprint density at radius 1 is 1.05 bits per heavy atom. The van der Waals surface area contributed by atoms with Crippen molar-refractivity contribution in [2.24, 2.45) is 0 Å². The molecular weight excluding hydrogens is 364 g/mol. The molecule has 2 aromatic rings. The van der Waals surface area contributed by atoms with Crippen molar-refractivity contribution in [3.63, 3.8) is 0 Å². The molecule has 1 aliphatic rings. The number of carbonyl (C=O) groups is 2. The van der Waals surface area contributed by atoms with Crippen molar-refractivity contribution in [3.05, 3.63) is 64.6 Å². The van der Waals surface area contributed by atoms with Crippen LogP contribution in [0.5, 0.6) is 0 Å². The third kappa shape index (κ3) is 3.34. The van der Waals surface area contributed by atoms with E-state index in [1.165, 1.54) is 4.90 Å². The molecule has 112 valence electrons. The van der Waals surface area contributed by atoms with Gasteiger partial charge in [0.15, 0.2) is 5.37 Å². The minimum Gasteiger partial charge on any atom is -0.365 e. The molecule has 1 N–H and O–H groups in total. The standard InChI is InChI=1S/C16H13BrN2O2S/c17-12-6-8-13(9-7-12)18-14-15(20)19(16(21)22-14)10-11-4-2-1-3-5-11/h1-9,14,18H,10H2/t14-/m0/s1. The molecule has 4 nitrogen and oxygen atoms in total. The number of hydrogen-bond acceptors (Lipinski definition) is 4. The molecule has 6 heteroatoms. The van der Waals surface area contributed by atoms with Crippen molar-refractivity contribution in [3.8, 4) is 0 Å². The first-order chi connectivity index (χ1) is 10.6. The van der Waals surface area contributed by atoms with Crippen LogP contribution >= 0.6 is 27.7 Å². The maximum atomic E-state index is 12.4. The smallest absolute Gasteiger partial charge is 0.291 e. The molecule has 1 saturated heterocycles. The Hall–Kier alpha value is -1.79. The second-order valence-electron chi connectivity index (χ2n) is 4.83. The number of rotatable bonds is 4. The van der Waals surface area contributed by atoms with Gasteiger partial charge in [-0.1, -0.05) is 46.3 Å². The van der Waals surface area contributed by atoms with E-state index in [2.05, 4.69) is 21.2 Å². The quantitative estimate of drug-likeness (QED) is 0.872. The Morgan fingerprint density at radius 2 is 1.73 bits per heavy atom. The first-order valence-electron chi connectivity index (χ1n) is 6.71. The minimum absolute atomic E-state index is 0.207. The number of nitrogens with zero attached hydrogens (tertiary/aromatic N) is 1. The molecular formula is C16H13BrN2O2S. The van der Waals surface area contributed by atoms with Crippen LogP contribution in [0.4, 0.5) is 10.5 Å². The SMILES string of the molecule is O=C1S[C@H](Nc2ccc(Br)cc2)C(=O)N1Cc1ccccc1. The average Bonchev–Trinajstić information content (AvgIpc) is 2.78. The third-order valence-corrected chi connectivity index (χ3v) is 4.76. The van der Waals surface area contributed by atoms with Gasteiger partial charge in [0.25, 0.3) is 11.1 Å². The van der Waals surface area contributed by atoms with Crippen LogP contribution in [0.3, 0.4) is 0 Å². The van der Waals surface area contributed by atoms with Crippen LogP contribution in [-0.2, 0) is 11.3 Å². The van der Waals surface area contributed by atoms with E-state index in [4.69, 9.17) is 0 Å². The van der Waals surface area contributed by atoms with Crippen LogP contribution in [0.25, 0.3) is 0 Å². The number of halogens is 1.